The second-order valence-corrected chi connectivity index (χ2v) is 6.07. The average Bonchev–Trinajstić information content (AvgIpc) is 3.16. The molecule has 1 aromatic carbocycles. The molecule has 0 radical (unpaired) electrons. The highest BCUT2D eigenvalue weighted by Gasteiger charge is 2.32. The van der Waals surface area contributed by atoms with Crippen LogP contribution in [-0.2, 0) is 4.79 Å². The van der Waals surface area contributed by atoms with Crippen molar-refractivity contribution in [3.63, 3.8) is 0 Å². The van der Waals surface area contributed by atoms with Gasteiger partial charge in [-0.1, -0.05) is 18.2 Å². The summed E-state index contributed by atoms with van der Waals surface area (Å²) in [5.74, 6) is 0.827. The van der Waals surface area contributed by atoms with Crippen LogP contribution in [0.5, 0.6) is 0 Å². The van der Waals surface area contributed by atoms with Crippen molar-refractivity contribution in [1.29, 1.82) is 0 Å². The van der Waals surface area contributed by atoms with E-state index in [0.717, 1.165) is 34.7 Å². The number of hydrogen-bond donors (Lipinski definition) is 1. The summed E-state index contributed by atoms with van der Waals surface area (Å²) < 4.78 is 0. The molecule has 110 valence electrons. The zero-order chi connectivity index (χ0) is 14.9. The van der Waals surface area contributed by atoms with Gasteiger partial charge < -0.3 is 10.2 Å². The highest BCUT2D eigenvalue weighted by Crippen LogP contribution is 2.27. The number of thiophene rings is 1. The van der Waals surface area contributed by atoms with E-state index >= 15 is 0 Å². The van der Waals surface area contributed by atoms with Crippen molar-refractivity contribution in [3.05, 3.63) is 48.1 Å². The fourth-order valence-corrected chi connectivity index (χ4v) is 3.48. The topological polar surface area (TPSA) is 58.1 Å². The fraction of sp³-hybridized carbons (Fsp3) is 0.188. The molecule has 1 unspecified atom stereocenters. The first-order valence-corrected chi connectivity index (χ1v) is 8.02. The summed E-state index contributed by atoms with van der Waals surface area (Å²) in [5, 5.41) is 6.24. The molecule has 1 fully saturated rings. The van der Waals surface area contributed by atoms with Gasteiger partial charge in [-0.3, -0.25) is 4.79 Å². The Morgan fingerprint density at radius 2 is 2.05 bits per heavy atom. The largest absolute Gasteiger partial charge is 0.358 e. The number of hydrogen-bond acceptors (Lipinski definition) is 5. The SMILES string of the molecule is O=C1C(Nc2ncnc3sccc23)CCN1c1ccccc1. The van der Waals surface area contributed by atoms with Gasteiger partial charge in [0.25, 0.3) is 0 Å². The van der Waals surface area contributed by atoms with Gasteiger partial charge in [-0.25, -0.2) is 9.97 Å². The molecule has 1 aliphatic heterocycles. The molecule has 0 bridgehead atoms. The predicted octanol–water partition coefficient (Wildman–Crippen LogP) is 2.91. The molecule has 2 aromatic heterocycles. The second kappa shape index (κ2) is 5.38. The van der Waals surface area contributed by atoms with Crippen LogP contribution >= 0.6 is 11.3 Å². The number of rotatable bonds is 3. The summed E-state index contributed by atoms with van der Waals surface area (Å²) in [4.78, 5) is 23.9. The number of aromatic nitrogens is 2. The molecule has 3 heterocycles. The molecule has 4 rings (SSSR count). The second-order valence-electron chi connectivity index (χ2n) is 5.17. The van der Waals surface area contributed by atoms with Gasteiger partial charge in [-0.15, -0.1) is 11.3 Å². The van der Waals surface area contributed by atoms with E-state index in [9.17, 15) is 4.79 Å². The van der Waals surface area contributed by atoms with Crippen molar-refractivity contribution in [2.45, 2.75) is 12.5 Å². The van der Waals surface area contributed by atoms with Gasteiger partial charge in [0.05, 0.1) is 5.39 Å². The van der Waals surface area contributed by atoms with Gasteiger partial charge in [0.15, 0.2) is 0 Å². The number of anilines is 2. The zero-order valence-electron chi connectivity index (χ0n) is 11.8. The molecule has 0 aliphatic carbocycles. The van der Waals surface area contributed by atoms with Gasteiger partial charge in [0, 0.05) is 12.2 Å². The predicted molar refractivity (Wildman–Crippen MR) is 88.2 cm³/mol. The Balaban J connectivity index is 1.57. The number of fused-ring (bicyclic) bond motifs is 1. The van der Waals surface area contributed by atoms with Crippen LogP contribution in [0, 0.1) is 0 Å². The van der Waals surface area contributed by atoms with E-state index in [4.69, 9.17) is 0 Å². The minimum absolute atomic E-state index is 0.0909. The van der Waals surface area contributed by atoms with Crippen molar-refractivity contribution in [2.75, 3.05) is 16.8 Å². The van der Waals surface area contributed by atoms with E-state index in [-0.39, 0.29) is 11.9 Å². The van der Waals surface area contributed by atoms with Gasteiger partial charge in [0.1, 0.15) is 23.0 Å². The number of nitrogens with zero attached hydrogens (tertiary/aromatic N) is 3. The van der Waals surface area contributed by atoms with Crippen LogP contribution in [0.1, 0.15) is 6.42 Å². The Morgan fingerprint density at radius 1 is 1.18 bits per heavy atom. The third-order valence-electron chi connectivity index (χ3n) is 3.85. The molecule has 1 amide bonds. The Kier molecular flexibility index (Phi) is 3.23. The third-order valence-corrected chi connectivity index (χ3v) is 4.67. The number of benzene rings is 1. The van der Waals surface area contributed by atoms with Crippen LogP contribution in [0.25, 0.3) is 10.2 Å². The first kappa shape index (κ1) is 13.2. The Labute approximate surface area is 131 Å². The molecule has 1 aliphatic rings. The molecule has 0 saturated carbocycles. The van der Waals surface area contributed by atoms with Crippen LogP contribution in [0.2, 0.25) is 0 Å². The van der Waals surface area contributed by atoms with Gasteiger partial charge >= 0.3 is 0 Å². The Hall–Kier alpha value is -2.47. The normalized spacial score (nSPS) is 18.1. The fourth-order valence-electron chi connectivity index (χ4n) is 2.75. The van der Waals surface area contributed by atoms with Crippen molar-refractivity contribution >= 4 is 39.0 Å². The minimum atomic E-state index is -0.238. The monoisotopic (exact) mass is 310 g/mol. The molecule has 0 spiro atoms. The smallest absolute Gasteiger partial charge is 0.249 e. The van der Waals surface area contributed by atoms with Crippen LogP contribution < -0.4 is 10.2 Å². The van der Waals surface area contributed by atoms with Gasteiger partial charge in [-0.2, -0.15) is 0 Å². The molecule has 1 atom stereocenters. The first-order chi connectivity index (χ1) is 10.8. The lowest BCUT2D eigenvalue weighted by atomic mass is 10.2. The van der Waals surface area contributed by atoms with Crippen molar-refractivity contribution in [2.24, 2.45) is 0 Å². The molecule has 3 aromatic rings. The van der Waals surface area contributed by atoms with E-state index < -0.39 is 0 Å². The van der Waals surface area contributed by atoms with Crippen molar-refractivity contribution in [3.8, 4) is 0 Å². The summed E-state index contributed by atoms with van der Waals surface area (Å²) >= 11 is 1.57. The number of nitrogens with one attached hydrogen (secondary N) is 1. The molecular weight excluding hydrogens is 296 g/mol. The zero-order valence-corrected chi connectivity index (χ0v) is 12.6. The summed E-state index contributed by atoms with van der Waals surface area (Å²) in [5.41, 5.74) is 0.945. The third kappa shape index (κ3) is 2.21. The lowest BCUT2D eigenvalue weighted by molar-refractivity contribution is -0.117. The maximum absolute atomic E-state index is 12.6. The van der Waals surface area contributed by atoms with E-state index in [1.54, 1.807) is 11.3 Å². The number of para-hydroxylation sites is 1. The molecule has 1 saturated heterocycles. The van der Waals surface area contributed by atoms with Crippen LogP contribution in [0.15, 0.2) is 48.1 Å². The number of amides is 1. The summed E-state index contributed by atoms with van der Waals surface area (Å²) in [6.45, 7) is 0.721. The maximum Gasteiger partial charge on any atom is 0.249 e. The lowest BCUT2D eigenvalue weighted by Crippen LogP contribution is -2.33. The van der Waals surface area contributed by atoms with Crippen molar-refractivity contribution in [1.82, 2.24) is 9.97 Å². The first-order valence-electron chi connectivity index (χ1n) is 7.14. The Morgan fingerprint density at radius 3 is 2.91 bits per heavy atom. The molecule has 22 heavy (non-hydrogen) atoms. The molecule has 6 heteroatoms. The minimum Gasteiger partial charge on any atom is -0.358 e. The molecular formula is C16H14N4OS. The van der Waals surface area contributed by atoms with E-state index in [0.29, 0.717) is 0 Å². The average molecular weight is 310 g/mol. The van der Waals surface area contributed by atoms with Crippen molar-refractivity contribution < 1.29 is 4.79 Å². The van der Waals surface area contributed by atoms with Crippen LogP contribution in [-0.4, -0.2) is 28.5 Å². The quantitative estimate of drug-likeness (QED) is 0.808. The standard InChI is InChI=1S/C16H14N4OS/c21-16-13(6-8-20(16)11-4-2-1-3-5-11)19-14-12-7-9-22-15(12)18-10-17-14/h1-5,7,9-10,13H,6,8H2,(H,17,18,19). The summed E-state index contributed by atoms with van der Waals surface area (Å²) in [6.07, 6.45) is 2.30. The van der Waals surface area contributed by atoms with Gasteiger partial charge in [-0.05, 0) is 30.0 Å². The summed E-state index contributed by atoms with van der Waals surface area (Å²) in [7, 11) is 0. The number of carbonyl (C=O) groups excluding carboxylic acids is 1. The molecule has 1 N–H and O–H groups in total. The number of carbonyl (C=O) groups is 1. The molecule has 5 nitrogen and oxygen atoms in total. The highest BCUT2D eigenvalue weighted by atomic mass is 32.1. The summed E-state index contributed by atoms with van der Waals surface area (Å²) in [6, 6.07) is 11.5. The van der Waals surface area contributed by atoms with E-state index in [1.165, 1.54) is 6.33 Å². The van der Waals surface area contributed by atoms with Crippen LogP contribution in [0.4, 0.5) is 11.5 Å². The van der Waals surface area contributed by atoms with E-state index in [1.807, 2.05) is 46.7 Å². The maximum atomic E-state index is 12.6. The lowest BCUT2D eigenvalue weighted by Gasteiger charge is -2.17. The van der Waals surface area contributed by atoms with Gasteiger partial charge in [0.2, 0.25) is 5.91 Å². The van der Waals surface area contributed by atoms with Crippen LogP contribution in [0.3, 0.4) is 0 Å². The Bertz CT molecular complexity index is 817. The van der Waals surface area contributed by atoms with E-state index in [2.05, 4.69) is 15.3 Å². The highest BCUT2D eigenvalue weighted by molar-refractivity contribution is 7.16.